The minimum absolute atomic E-state index is 0.124. The molecule has 21 heavy (non-hydrogen) atoms. The fourth-order valence-corrected chi connectivity index (χ4v) is 1.81. The van der Waals surface area contributed by atoms with Crippen molar-refractivity contribution < 1.29 is 19.4 Å². The lowest BCUT2D eigenvalue weighted by Crippen LogP contribution is -2.41. The van der Waals surface area contributed by atoms with Crippen LogP contribution in [0.2, 0.25) is 0 Å². The summed E-state index contributed by atoms with van der Waals surface area (Å²) in [5.74, 6) is -1.05. The molecule has 0 spiro atoms. The first kappa shape index (κ1) is 17.0. The molecule has 1 aromatic rings. The summed E-state index contributed by atoms with van der Waals surface area (Å²) in [6.45, 7) is 0.948. The molecule has 3 N–H and O–H groups in total. The number of aliphatic carboxylic acids is 1. The fourth-order valence-electron chi connectivity index (χ4n) is 1.81. The Morgan fingerprint density at radius 3 is 2.57 bits per heavy atom. The van der Waals surface area contributed by atoms with Crippen LogP contribution in [0.1, 0.15) is 24.8 Å². The molecule has 0 heterocycles. The third kappa shape index (κ3) is 7.36. The lowest BCUT2D eigenvalue weighted by atomic mass is 10.1. The highest BCUT2D eigenvalue weighted by Gasteiger charge is 2.19. The highest BCUT2D eigenvalue weighted by atomic mass is 16.5. The Balaban J connectivity index is 2.33. The standard InChI is InChI=1S/C14H21BN2O4/c15-16-9-5-4-8-12(13(18)19)17-14(20)21-10-11-6-2-1-3-7-11/h1-3,6-7,12,16H,4-5,8-10,15H2,(H,17,20)(H,18,19)/t12-/m0/s1. The molecule has 0 radical (unpaired) electrons. The van der Waals surface area contributed by atoms with Crippen molar-refractivity contribution in [3.63, 3.8) is 0 Å². The number of carbonyl (C=O) groups is 2. The van der Waals surface area contributed by atoms with Crippen molar-refractivity contribution >= 4 is 20.0 Å². The number of hydrogen-bond acceptors (Lipinski definition) is 4. The van der Waals surface area contributed by atoms with Crippen LogP contribution < -0.4 is 10.5 Å². The molecule has 1 rings (SSSR count). The van der Waals surface area contributed by atoms with E-state index in [0.29, 0.717) is 6.42 Å². The molecule has 0 saturated heterocycles. The summed E-state index contributed by atoms with van der Waals surface area (Å²) in [6.07, 6.45) is 1.26. The molecular weight excluding hydrogens is 271 g/mol. The van der Waals surface area contributed by atoms with Gasteiger partial charge < -0.3 is 20.4 Å². The fraction of sp³-hybridized carbons (Fsp3) is 0.429. The second-order valence-electron chi connectivity index (χ2n) is 4.70. The van der Waals surface area contributed by atoms with Gasteiger partial charge in [0.25, 0.3) is 0 Å². The van der Waals surface area contributed by atoms with Crippen LogP contribution in [0.3, 0.4) is 0 Å². The van der Waals surface area contributed by atoms with Gasteiger partial charge in [0.15, 0.2) is 7.98 Å². The van der Waals surface area contributed by atoms with Crippen molar-refractivity contribution in [2.24, 2.45) is 0 Å². The zero-order valence-corrected chi connectivity index (χ0v) is 12.2. The van der Waals surface area contributed by atoms with E-state index in [4.69, 9.17) is 9.84 Å². The maximum atomic E-state index is 11.6. The van der Waals surface area contributed by atoms with Gasteiger partial charge in [0, 0.05) is 0 Å². The molecule has 114 valence electrons. The highest BCUT2D eigenvalue weighted by molar-refractivity contribution is 6.04. The van der Waals surface area contributed by atoms with Gasteiger partial charge in [0.2, 0.25) is 0 Å². The zero-order chi connectivity index (χ0) is 15.5. The predicted molar refractivity (Wildman–Crippen MR) is 81.6 cm³/mol. The molecule has 0 fully saturated rings. The average molecular weight is 292 g/mol. The van der Waals surface area contributed by atoms with Gasteiger partial charge in [-0.1, -0.05) is 30.3 Å². The van der Waals surface area contributed by atoms with E-state index in [1.807, 2.05) is 38.3 Å². The second kappa shape index (κ2) is 9.82. The number of ether oxygens (including phenoxy) is 1. The second-order valence-corrected chi connectivity index (χ2v) is 4.70. The molecule has 0 aliphatic rings. The number of rotatable bonds is 9. The number of nitrogens with one attached hydrogen (secondary N) is 2. The Hall–Kier alpha value is -2.02. The molecule has 0 saturated carbocycles. The van der Waals surface area contributed by atoms with Crippen LogP contribution in [-0.4, -0.2) is 37.7 Å². The molecular formula is C14H21BN2O4. The smallest absolute Gasteiger partial charge is 0.408 e. The Morgan fingerprint density at radius 2 is 1.95 bits per heavy atom. The molecule has 1 atom stereocenters. The van der Waals surface area contributed by atoms with E-state index >= 15 is 0 Å². The van der Waals surface area contributed by atoms with Crippen molar-refractivity contribution in [1.29, 1.82) is 0 Å². The first-order valence-corrected chi connectivity index (χ1v) is 6.98. The number of amides is 1. The van der Waals surface area contributed by atoms with Crippen molar-refractivity contribution in [2.75, 3.05) is 6.54 Å². The van der Waals surface area contributed by atoms with E-state index in [1.54, 1.807) is 0 Å². The number of alkyl carbamates (subject to hydrolysis) is 1. The van der Waals surface area contributed by atoms with Crippen molar-refractivity contribution in [3.8, 4) is 0 Å². The Bertz CT molecular complexity index is 442. The summed E-state index contributed by atoms with van der Waals surface area (Å²) in [5.41, 5.74) is 0.855. The van der Waals surface area contributed by atoms with Gasteiger partial charge >= 0.3 is 12.1 Å². The van der Waals surface area contributed by atoms with Crippen LogP contribution in [0.25, 0.3) is 0 Å². The first-order chi connectivity index (χ1) is 10.1. The number of carboxylic acids is 1. The molecule has 0 bridgehead atoms. The van der Waals surface area contributed by atoms with Gasteiger partial charge in [0.1, 0.15) is 12.6 Å². The van der Waals surface area contributed by atoms with Gasteiger partial charge in [0.05, 0.1) is 0 Å². The molecule has 0 aromatic heterocycles. The molecule has 0 unspecified atom stereocenters. The van der Waals surface area contributed by atoms with Crippen molar-refractivity contribution in [2.45, 2.75) is 31.9 Å². The Labute approximate surface area is 125 Å². The predicted octanol–water partition coefficient (Wildman–Crippen LogP) is 0.674. The number of carbonyl (C=O) groups excluding carboxylic acids is 1. The topological polar surface area (TPSA) is 87.7 Å². The Kier molecular flexibility index (Phi) is 7.97. The normalized spacial score (nSPS) is 11.6. The number of hydrogen-bond donors (Lipinski definition) is 3. The SMILES string of the molecule is BNCCCC[C@H](NC(=O)OCc1ccccc1)C(=O)O. The third-order valence-corrected chi connectivity index (χ3v) is 2.97. The van der Waals surface area contributed by atoms with E-state index in [9.17, 15) is 9.59 Å². The quantitative estimate of drug-likeness (QED) is 0.460. The first-order valence-electron chi connectivity index (χ1n) is 6.98. The van der Waals surface area contributed by atoms with Gasteiger partial charge in [-0.25, -0.2) is 9.59 Å². The van der Waals surface area contributed by atoms with Crippen LogP contribution in [0.4, 0.5) is 4.79 Å². The van der Waals surface area contributed by atoms with Gasteiger partial charge in [-0.05, 0) is 31.4 Å². The summed E-state index contributed by atoms with van der Waals surface area (Å²) in [5, 5.41) is 14.5. The summed E-state index contributed by atoms with van der Waals surface area (Å²) in [4.78, 5) is 22.7. The van der Waals surface area contributed by atoms with Gasteiger partial charge in [-0.2, -0.15) is 0 Å². The third-order valence-electron chi connectivity index (χ3n) is 2.97. The monoisotopic (exact) mass is 292 g/mol. The van der Waals surface area contributed by atoms with Gasteiger partial charge in [-0.3, -0.25) is 0 Å². The molecule has 0 aliphatic carbocycles. The molecule has 6 nitrogen and oxygen atoms in total. The minimum atomic E-state index is -1.05. The maximum absolute atomic E-state index is 11.6. The molecule has 7 heteroatoms. The minimum Gasteiger partial charge on any atom is -0.480 e. The van der Waals surface area contributed by atoms with Crippen LogP contribution in [0, 0.1) is 0 Å². The number of unbranched alkanes of at least 4 members (excludes halogenated alkanes) is 1. The molecule has 1 amide bonds. The molecule has 0 aliphatic heterocycles. The van der Waals surface area contributed by atoms with Crippen LogP contribution >= 0.6 is 0 Å². The largest absolute Gasteiger partial charge is 0.480 e. The summed E-state index contributed by atoms with van der Waals surface area (Å²) < 4.78 is 5.01. The summed E-state index contributed by atoms with van der Waals surface area (Å²) in [6, 6.07) is 8.32. The van der Waals surface area contributed by atoms with Gasteiger partial charge in [-0.15, -0.1) is 0 Å². The van der Waals surface area contributed by atoms with E-state index in [-0.39, 0.29) is 6.61 Å². The summed E-state index contributed by atoms with van der Waals surface area (Å²) >= 11 is 0. The van der Waals surface area contributed by atoms with Crippen LogP contribution in [-0.2, 0) is 16.1 Å². The highest BCUT2D eigenvalue weighted by Crippen LogP contribution is 2.04. The van der Waals surface area contributed by atoms with E-state index in [1.165, 1.54) is 0 Å². The van der Waals surface area contributed by atoms with E-state index in [2.05, 4.69) is 10.5 Å². The number of benzene rings is 1. The lowest BCUT2D eigenvalue weighted by molar-refractivity contribution is -0.139. The zero-order valence-electron chi connectivity index (χ0n) is 12.2. The number of carboxylic acid groups (broad SMARTS) is 1. The Morgan fingerprint density at radius 1 is 1.24 bits per heavy atom. The van der Waals surface area contributed by atoms with Crippen LogP contribution in [0.5, 0.6) is 0 Å². The maximum Gasteiger partial charge on any atom is 0.408 e. The lowest BCUT2D eigenvalue weighted by Gasteiger charge is -2.14. The van der Waals surface area contributed by atoms with E-state index in [0.717, 1.165) is 24.9 Å². The average Bonchev–Trinajstić information content (AvgIpc) is 2.49. The van der Waals surface area contributed by atoms with Crippen LogP contribution in [0.15, 0.2) is 30.3 Å². The van der Waals surface area contributed by atoms with E-state index < -0.39 is 18.1 Å². The molecule has 1 aromatic carbocycles. The summed E-state index contributed by atoms with van der Waals surface area (Å²) in [7, 11) is 1.84. The van der Waals surface area contributed by atoms with Crippen molar-refractivity contribution in [3.05, 3.63) is 35.9 Å². The van der Waals surface area contributed by atoms with Crippen molar-refractivity contribution in [1.82, 2.24) is 10.5 Å².